The van der Waals surface area contributed by atoms with E-state index in [2.05, 4.69) is 22.5 Å². The van der Waals surface area contributed by atoms with Crippen molar-refractivity contribution in [2.75, 3.05) is 11.9 Å². The molecule has 0 aromatic carbocycles. The van der Waals surface area contributed by atoms with Crippen molar-refractivity contribution in [1.82, 2.24) is 10.3 Å². The van der Waals surface area contributed by atoms with Gasteiger partial charge in [-0.25, -0.2) is 4.98 Å². The first-order valence-electron chi connectivity index (χ1n) is 7.11. The molecule has 2 N–H and O–H groups in total. The van der Waals surface area contributed by atoms with E-state index in [1.54, 1.807) is 11.3 Å². The van der Waals surface area contributed by atoms with Crippen molar-refractivity contribution in [2.24, 2.45) is 5.92 Å². The van der Waals surface area contributed by atoms with Crippen LogP contribution in [0.2, 0.25) is 0 Å². The second kappa shape index (κ2) is 6.83. The van der Waals surface area contributed by atoms with Gasteiger partial charge >= 0.3 is 0 Å². The third-order valence-corrected chi connectivity index (χ3v) is 4.63. The summed E-state index contributed by atoms with van der Waals surface area (Å²) >= 11 is 1.59. The van der Waals surface area contributed by atoms with Crippen molar-refractivity contribution < 1.29 is 9.59 Å². The fraction of sp³-hybridized carbons (Fsp3) is 0.643. The summed E-state index contributed by atoms with van der Waals surface area (Å²) in [6, 6.07) is 0. The van der Waals surface area contributed by atoms with Gasteiger partial charge in [0.15, 0.2) is 5.13 Å². The highest BCUT2D eigenvalue weighted by Crippen LogP contribution is 2.33. The molecule has 0 unspecified atom stereocenters. The molecule has 0 saturated carbocycles. The summed E-state index contributed by atoms with van der Waals surface area (Å²) in [6.07, 6.45) is 4.79. The van der Waals surface area contributed by atoms with Gasteiger partial charge in [0.25, 0.3) is 0 Å². The average molecular weight is 295 g/mol. The molecule has 1 heterocycles. The maximum atomic E-state index is 11.7. The summed E-state index contributed by atoms with van der Waals surface area (Å²) in [5.74, 6) is 0.538. The minimum atomic E-state index is -0.117. The Kier molecular flexibility index (Phi) is 5.11. The molecule has 20 heavy (non-hydrogen) atoms. The van der Waals surface area contributed by atoms with E-state index in [9.17, 15) is 9.59 Å². The van der Waals surface area contributed by atoms with Crippen LogP contribution in [0.1, 0.15) is 43.7 Å². The van der Waals surface area contributed by atoms with Gasteiger partial charge in [0.05, 0.1) is 5.69 Å². The van der Waals surface area contributed by atoms with E-state index in [1.807, 2.05) is 0 Å². The van der Waals surface area contributed by atoms with Gasteiger partial charge in [0, 0.05) is 24.8 Å². The number of amides is 2. The van der Waals surface area contributed by atoms with Crippen LogP contribution in [0.15, 0.2) is 0 Å². The van der Waals surface area contributed by atoms with Crippen LogP contribution in [0.25, 0.3) is 0 Å². The molecular formula is C14H21N3O2S. The Bertz CT molecular complexity index is 499. The second-order valence-electron chi connectivity index (χ2n) is 5.19. The molecule has 0 spiro atoms. The number of aromatic nitrogens is 1. The van der Waals surface area contributed by atoms with Gasteiger partial charge in [0.2, 0.25) is 11.8 Å². The predicted octanol–water partition coefficient (Wildman–Crippen LogP) is 2.12. The monoisotopic (exact) mass is 295 g/mol. The average Bonchev–Trinajstić information content (AvgIpc) is 2.78. The Morgan fingerprint density at radius 3 is 2.95 bits per heavy atom. The number of rotatable bonds is 5. The zero-order chi connectivity index (χ0) is 14.5. The van der Waals surface area contributed by atoms with E-state index >= 15 is 0 Å². The van der Waals surface area contributed by atoms with Crippen molar-refractivity contribution in [3.63, 3.8) is 0 Å². The Labute approximate surface area is 123 Å². The highest BCUT2D eigenvalue weighted by atomic mass is 32.1. The quantitative estimate of drug-likeness (QED) is 0.874. The predicted molar refractivity (Wildman–Crippen MR) is 79.9 cm³/mol. The van der Waals surface area contributed by atoms with Crippen LogP contribution >= 0.6 is 11.3 Å². The topological polar surface area (TPSA) is 71.1 Å². The number of anilines is 1. The van der Waals surface area contributed by atoms with E-state index in [-0.39, 0.29) is 18.2 Å². The zero-order valence-corrected chi connectivity index (χ0v) is 12.8. The van der Waals surface area contributed by atoms with Crippen LogP contribution < -0.4 is 10.6 Å². The molecule has 1 aliphatic carbocycles. The minimum absolute atomic E-state index is 0.100. The summed E-state index contributed by atoms with van der Waals surface area (Å²) in [4.78, 5) is 28.3. The summed E-state index contributed by atoms with van der Waals surface area (Å²) in [7, 11) is 0. The lowest BCUT2D eigenvalue weighted by atomic mass is 9.89. The molecule has 0 saturated heterocycles. The van der Waals surface area contributed by atoms with E-state index in [4.69, 9.17) is 0 Å². The lowest BCUT2D eigenvalue weighted by molar-refractivity contribution is -0.119. The molecule has 5 nitrogen and oxygen atoms in total. The van der Waals surface area contributed by atoms with Crippen LogP contribution in [0.5, 0.6) is 0 Å². The van der Waals surface area contributed by atoms with Gasteiger partial charge in [-0.2, -0.15) is 0 Å². The molecule has 1 aromatic rings. The summed E-state index contributed by atoms with van der Waals surface area (Å²) in [6.45, 7) is 4.03. The molecule has 1 aromatic heterocycles. The number of thiazole rings is 1. The van der Waals surface area contributed by atoms with E-state index < -0.39 is 0 Å². The normalized spacial score (nSPS) is 17.4. The van der Waals surface area contributed by atoms with Crippen molar-refractivity contribution in [3.8, 4) is 0 Å². The number of hydrogen-bond acceptors (Lipinski definition) is 4. The Balaban J connectivity index is 1.86. The molecule has 110 valence electrons. The van der Waals surface area contributed by atoms with Gasteiger partial charge in [-0.05, 0) is 25.2 Å². The van der Waals surface area contributed by atoms with Crippen LogP contribution in [0, 0.1) is 5.92 Å². The highest BCUT2D eigenvalue weighted by molar-refractivity contribution is 7.15. The standard InChI is InChI=1S/C14H21N3O2S/c1-3-10-4-5-11-12(8-10)20-14(16-11)17-13(19)6-7-15-9(2)18/h10H,3-8H2,1-2H3,(H,15,18)(H,16,17,19)/t10-/m0/s1. The first kappa shape index (κ1) is 15.0. The number of nitrogens with one attached hydrogen (secondary N) is 2. The maximum absolute atomic E-state index is 11.7. The zero-order valence-electron chi connectivity index (χ0n) is 12.0. The summed E-state index contributed by atoms with van der Waals surface area (Å²) < 4.78 is 0. The SMILES string of the molecule is CC[C@H]1CCc2nc(NC(=O)CCNC(C)=O)sc2C1. The molecule has 0 radical (unpaired) electrons. The Hall–Kier alpha value is -1.43. The number of nitrogens with zero attached hydrogens (tertiary/aromatic N) is 1. The van der Waals surface area contributed by atoms with E-state index in [0.717, 1.165) is 24.5 Å². The fourth-order valence-electron chi connectivity index (χ4n) is 2.38. The highest BCUT2D eigenvalue weighted by Gasteiger charge is 2.21. The summed E-state index contributed by atoms with van der Waals surface area (Å²) in [5, 5.41) is 6.12. The molecule has 0 aliphatic heterocycles. The molecule has 0 fully saturated rings. The molecule has 1 aliphatic rings. The first-order valence-corrected chi connectivity index (χ1v) is 7.93. The van der Waals surface area contributed by atoms with E-state index in [1.165, 1.54) is 24.6 Å². The third-order valence-electron chi connectivity index (χ3n) is 3.59. The molecule has 2 amide bonds. The minimum Gasteiger partial charge on any atom is -0.356 e. The number of carbonyl (C=O) groups is 2. The van der Waals surface area contributed by atoms with Gasteiger partial charge in [-0.3, -0.25) is 9.59 Å². The van der Waals surface area contributed by atoms with Crippen LogP contribution in [0.4, 0.5) is 5.13 Å². The fourth-order valence-corrected chi connectivity index (χ4v) is 3.52. The number of carbonyl (C=O) groups excluding carboxylic acids is 2. The van der Waals surface area contributed by atoms with Crippen molar-refractivity contribution >= 4 is 28.3 Å². The van der Waals surface area contributed by atoms with Crippen molar-refractivity contribution in [2.45, 2.75) is 46.0 Å². The van der Waals surface area contributed by atoms with Gasteiger partial charge < -0.3 is 10.6 Å². The Morgan fingerprint density at radius 2 is 2.25 bits per heavy atom. The smallest absolute Gasteiger partial charge is 0.227 e. The van der Waals surface area contributed by atoms with Gasteiger partial charge in [-0.15, -0.1) is 11.3 Å². The number of hydrogen-bond donors (Lipinski definition) is 2. The number of fused-ring (bicyclic) bond motifs is 1. The van der Waals surface area contributed by atoms with Gasteiger partial charge in [-0.1, -0.05) is 13.3 Å². The third kappa shape index (κ3) is 4.03. The van der Waals surface area contributed by atoms with Crippen LogP contribution in [-0.2, 0) is 22.4 Å². The van der Waals surface area contributed by atoms with Gasteiger partial charge in [0.1, 0.15) is 0 Å². The molecule has 0 bridgehead atoms. The largest absolute Gasteiger partial charge is 0.356 e. The molecule has 6 heteroatoms. The van der Waals surface area contributed by atoms with E-state index in [0.29, 0.717) is 11.7 Å². The summed E-state index contributed by atoms with van der Waals surface area (Å²) in [5.41, 5.74) is 1.15. The second-order valence-corrected chi connectivity index (χ2v) is 6.27. The Morgan fingerprint density at radius 1 is 1.45 bits per heavy atom. The molecular weight excluding hydrogens is 274 g/mol. The van der Waals surface area contributed by atoms with Crippen LogP contribution in [-0.4, -0.2) is 23.3 Å². The van der Waals surface area contributed by atoms with Crippen molar-refractivity contribution in [1.29, 1.82) is 0 Å². The maximum Gasteiger partial charge on any atom is 0.227 e. The lowest BCUT2D eigenvalue weighted by Gasteiger charge is -2.18. The lowest BCUT2D eigenvalue weighted by Crippen LogP contribution is -2.25. The first-order chi connectivity index (χ1) is 9.58. The van der Waals surface area contributed by atoms with Crippen LogP contribution in [0.3, 0.4) is 0 Å². The number of aryl methyl sites for hydroxylation is 1. The van der Waals surface area contributed by atoms with Crippen molar-refractivity contribution in [3.05, 3.63) is 10.6 Å². The molecule has 1 atom stereocenters. The molecule has 2 rings (SSSR count).